The second-order valence-corrected chi connectivity index (χ2v) is 4.54. The number of amides is 1. The van der Waals surface area contributed by atoms with E-state index in [1.54, 1.807) is 24.3 Å². The van der Waals surface area contributed by atoms with Crippen LogP contribution in [0.1, 0.15) is 23.7 Å². The number of carbonyl (C=O) groups excluding carboxylic acids is 2. The minimum atomic E-state index is -0.394. The molecule has 1 N–H and O–H groups in total. The van der Waals surface area contributed by atoms with E-state index in [9.17, 15) is 9.59 Å². The normalized spacial score (nSPS) is 11.7. The minimum absolute atomic E-state index is 0.0988. The van der Waals surface area contributed by atoms with E-state index in [0.29, 0.717) is 17.7 Å². The standard InChI is InChI=1S/C12H14BrNO3/c1-3-10(13)11(15)14-9-6-4-8(5-7-9)12(16)17-2/h4-7,10H,3H2,1-2H3,(H,14,15). The Bertz CT molecular complexity index is 403. The van der Waals surface area contributed by atoms with E-state index in [0.717, 1.165) is 0 Å². The summed E-state index contributed by atoms with van der Waals surface area (Å²) in [7, 11) is 1.33. The fraction of sp³-hybridized carbons (Fsp3) is 0.333. The molecule has 0 fully saturated rings. The maximum absolute atomic E-state index is 11.6. The molecule has 0 radical (unpaired) electrons. The largest absolute Gasteiger partial charge is 0.465 e. The fourth-order valence-electron chi connectivity index (χ4n) is 1.21. The van der Waals surface area contributed by atoms with Crippen molar-refractivity contribution in [2.45, 2.75) is 18.2 Å². The highest BCUT2D eigenvalue weighted by Gasteiger charge is 2.12. The van der Waals surface area contributed by atoms with Gasteiger partial charge in [0.2, 0.25) is 5.91 Å². The van der Waals surface area contributed by atoms with Crippen LogP contribution in [0.5, 0.6) is 0 Å². The Kier molecular flexibility index (Phi) is 5.15. The zero-order chi connectivity index (χ0) is 12.8. The number of alkyl halides is 1. The van der Waals surface area contributed by atoms with E-state index in [4.69, 9.17) is 0 Å². The molecule has 1 aromatic carbocycles. The lowest BCUT2D eigenvalue weighted by Crippen LogP contribution is -2.21. The Morgan fingerprint density at radius 2 is 1.94 bits per heavy atom. The third kappa shape index (κ3) is 3.85. The van der Waals surface area contributed by atoms with Gasteiger partial charge in [0.1, 0.15) is 0 Å². The molecular weight excluding hydrogens is 286 g/mol. The number of rotatable bonds is 4. The summed E-state index contributed by atoms with van der Waals surface area (Å²) in [5.74, 6) is -0.492. The van der Waals surface area contributed by atoms with Crippen molar-refractivity contribution in [1.29, 1.82) is 0 Å². The molecule has 1 amide bonds. The first-order valence-electron chi connectivity index (χ1n) is 5.21. The van der Waals surface area contributed by atoms with Gasteiger partial charge in [-0.3, -0.25) is 4.79 Å². The summed E-state index contributed by atoms with van der Waals surface area (Å²) in [6.45, 7) is 1.92. The van der Waals surface area contributed by atoms with Crippen molar-refractivity contribution in [2.24, 2.45) is 0 Å². The SMILES string of the molecule is CCC(Br)C(=O)Nc1ccc(C(=O)OC)cc1. The van der Waals surface area contributed by atoms with Gasteiger partial charge in [0.25, 0.3) is 0 Å². The van der Waals surface area contributed by atoms with Crippen LogP contribution in [0.15, 0.2) is 24.3 Å². The molecule has 4 nitrogen and oxygen atoms in total. The van der Waals surface area contributed by atoms with Gasteiger partial charge in [-0.25, -0.2) is 4.79 Å². The van der Waals surface area contributed by atoms with Crippen LogP contribution in [-0.2, 0) is 9.53 Å². The highest BCUT2D eigenvalue weighted by atomic mass is 79.9. The summed E-state index contributed by atoms with van der Waals surface area (Å²) in [6, 6.07) is 6.55. The quantitative estimate of drug-likeness (QED) is 0.687. The Morgan fingerprint density at radius 3 is 2.41 bits per heavy atom. The summed E-state index contributed by atoms with van der Waals surface area (Å²) in [6.07, 6.45) is 0.714. The van der Waals surface area contributed by atoms with E-state index < -0.39 is 5.97 Å². The Labute approximate surface area is 108 Å². The van der Waals surface area contributed by atoms with Crippen molar-refractivity contribution in [3.8, 4) is 0 Å². The molecule has 1 unspecified atom stereocenters. The first-order chi connectivity index (χ1) is 8.08. The zero-order valence-corrected chi connectivity index (χ0v) is 11.3. The molecule has 1 rings (SSSR count). The molecule has 0 heterocycles. The number of halogens is 1. The Balaban J connectivity index is 2.69. The van der Waals surface area contributed by atoms with Crippen LogP contribution in [0.25, 0.3) is 0 Å². The summed E-state index contributed by atoms with van der Waals surface area (Å²) in [5.41, 5.74) is 1.11. The van der Waals surface area contributed by atoms with Gasteiger partial charge in [-0.05, 0) is 30.7 Å². The van der Waals surface area contributed by atoms with Gasteiger partial charge >= 0.3 is 5.97 Å². The number of methoxy groups -OCH3 is 1. The van der Waals surface area contributed by atoms with Gasteiger partial charge in [0.15, 0.2) is 0 Å². The number of benzene rings is 1. The third-order valence-corrected chi connectivity index (χ3v) is 3.28. The number of hydrogen-bond donors (Lipinski definition) is 1. The fourth-order valence-corrected chi connectivity index (χ4v) is 1.33. The molecule has 0 spiro atoms. The van der Waals surface area contributed by atoms with Crippen LogP contribution in [0.3, 0.4) is 0 Å². The van der Waals surface area contributed by atoms with Crippen LogP contribution in [0.4, 0.5) is 5.69 Å². The minimum Gasteiger partial charge on any atom is -0.465 e. The topological polar surface area (TPSA) is 55.4 Å². The predicted octanol–water partition coefficient (Wildman–Crippen LogP) is 2.59. The van der Waals surface area contributed by atoms with Crippen LogP contribution in [0, 0.1) is 0 Å². The van der Waals surface area contributed by atoms with Crippen molar-refractivity contribution in [1.82, 2.24) is 0 Å². The lowest BCUT2D eigenvalue weighted by molar-refractivity contribution is -0.115. The number of carbonyl (C=O) groups is 2. The van der Waals surface area contributed by atoms with Crippen molar-refractivity contribution < 1.29 is 14.3 Å². The molecule has 0 aliphatic heterocycles. The van der Waals surface area contributed by atoms with Gasteiger partial charge in [-0.2, -0.15) is 0 Å². The molecule has 0 saturated carbocycles. The number of ether oxygens (including phenoxy) is 1. The molecular formula is C12H14BrNO3. The molecule has 0 saturated heterocycles. The number of hydrogen-bond acceptors (Lipinski definition) is 3. The van der Waals surface area contributed by atoms with Crippen molar-refractivity contribution in [3.63, 3.8) is 0 Å². The van der Waals surface area contributed by atoms with Gasteiger partial charge in [-0.15, -0.1) is 0 Å². The van der Waals surface area contributed by atoms with Crippen molar-refractivity contribution in [3.05, 3.63) is 29.8 Å². The molecule has 92 valence electrons. The zero-order valence-electron chi connectivity index (χ0n) is 9.70. The number of esters is 1. The molecule has 1 atom stereocenters. The average Bonchev–Trinajstić information content (AvgIpc) is 2.37. The Morgan fingerprint density at radius 1 is 1.35 bits per heavy atom. The summed E-state index contributed by atoms with van der Waals surface area (Å²) >= 11 is 3.26. The highest BCUT2D eigenvalue weighted by Crippen LogP contribution is 2.13. The van der Waals surface area contributed by atoms with Crippen LogP contribution < -0.4 is 5.32 Å². The molecule has 17 heavy (non-hydrogen) atoms. The Hall–Kier alpha value is -1.36. The molecule has 5 heteroatoms. The van der Waals surface area contributed by atoms with Crippen LogP contribution in [0.2, 0.25) is 0 Å². The van der Waals surface area contributed by atoms with E-state index >= 15 is 0 Å². The molecule has 0 aliphatic rings. The third-order valence-electron chi connectivity index (χ3n) is 2.22. The van der Waals surface area contributed by atoms with E-state index in [1.807, 2.05) is 6.92 Å². The van der Waals surface area contributed by atoms with Crippen LogP contribution in [-0.4, -0.2) is 23.8 Å². The second kappa shape index (κ2) is 6.39. The highest BCUT2D eigenvalue weighted by molar-refractivity contribution is 9.10. The summed E-state index contributed by atoms with van der Waals surface area (Å²) < 4.78 is 4.58. The van der Waals surface area contributed by atoms with Gasteiger partial charge in [-0.1, -0.05) is 22.9 Å². The van der Waals surface area contributed by atoms with Gasteiger partial charge in [0, 0.05) is 5.69 Å². The summed E-state index contributed by atoms with van der Waals surface area (Å²) in [4.78, 5) is 22.5. The van der Waals surface area contributed by atoms with E-state index in [-0.39, 0.29) is 10.7 Å². The predicted molar refractivity (Wildman–Crippen MR) is 69.4 cm³/mol. The molecule has 0 aliphatic carbocycles. The maximum atomic E-state index is 11.6. The number of anilines is 1. The van der Waals surface area contributed by atoms with Crippen molar-refractivity contribution >= 4 is 33.5 Å². The first-order valence-corrected chi connectivity index (χ1v) is 6.13. The maximum Gasteiger partial charge on any atom is 0.337 e. The molecule has 0 aromatic heterocycles. The van der Waals surface area contributed by atoms with E-state index in [2.05, 4.69) is 26.0 Å². The van der Waals surface area contributed by atoms with Crippen molar-refractivity contribution in [2.75, 3.05) is 12.4 Å². The average molecular weight is 300 g/mol. The molecule has 1 aromatic rings. The van der Waals surface area contributed by atoms with Gasteiger partial charge in [0.05, 0.1) is 17.5 Å². The monoisotopic (exact) mass is 299 g/mol. The van der Waals surface area contributed by atoms with Gasteiger partial charge < -0.3 is 10.1 Å². The smallest absolute Gasteiger partial charge is 0.337 e. The molecule has 0 bridgehead atoms. The summed E-state index contributed by atoms with van der Waals surface area (Å²) in [5, 5.41) is 2.74. The lowest BCUT2D eigenvalue weighted by atomic mass is 10.2. The number of nitrogens with one attached hydrogen (secondary N) is 1. The second-order valence-electron chi connectivity index (χ2n) is 3.43. The van der Waals surface area contributed by atoms with E-state index in [1.165, 1.54) is 7.11 Å². The first kappa shape index (κ1) is 13.7. The van der Waals surface area contributed by atoms with Crippen LogP contribution >= 0.6 is 15.9 Å². The lowest BCUT2D eigenvalue weighted by Gasteiger charge is -2.08.